The number of likely N-dealkylation sites (N-methyl/N-ethyl adjacent to an activating group) is 1. The maximum Gasteiger partial charge on any atom is 0.315 e. The Kier molecular flexibility index (Phi) is 4.19. The van der Waals surface area contributed by atoms with E-state index in [1.54, 1.807) is 18.0 Å². The summed E-state index contributed by atoms with van der Waals surface area (Å²) < 4.78 is 0. The summed E-state index contributed by atoms with van der Waals surface area (Å²) in [4.78, 5) is 25.5. The van der Waals surface area contributed by atoms with E-state index in [2.05, 4.69) is 10.6 Å². The lowest BCUT2D eigenvalue weighted by atomic mass is 10.1. The first kappa shape index (κ1) is 15.4. The number of nitrogens with one attached hydrogen (secondary N) is 2. The van der Waals surface area contributed by atoms with Crippen LogP contribution in [0, 0.1) is 0 Å². The summed E-state index contributed by atoms with van der Waals surface area (Å²) in [6.07, 6.45) is 2.21. The van der Waals surface area contributed by atoms with Crippen LogP contribution in [0.5, 0.6) is 0 Å². The number of rotatable bonds is 2. The van der Waals surface area contributed by atoms with E-state index < -0.39 is 6.04 Å². The topological polar surface area (TPSA) is 61.4 Å². The van der Waals surface area contributed by atoms with Crippen LogP contribution < -0.4 is 10.6 Å². The van der Waals surface area contributed by atoms with E-state index in [1.165, 1.54) is 0 Å². The molecule has 1 saturated heterocycles. The Labute approximate surface area is 138 Å². The number of hydrogen-bond acceptors (Lipinski definition) is 2. The summed E-state index contributed by atoms with van der Waals surface area (Å²) in [5.41, 5.74) is 2.00. The molecular weight excluding hydrogens is 325 g/mol. The molecule has 1 fully saturated rings. The molecule has 22 heavy (non-hydrogen) atoms. The van der Waals surface area contributed by atoms with Gasteiger partial charge in [-0.1, -0.05) is 29.3 Å². The van der Waals surface area contributed by atoms with Crippen LogP contribution in [-0.4, -0.2) is 36.5 Å². The van der Waals surface area contributed by atoms with E-state index in [1.807, 2.05) is 6.07 Å². The molecule has 0 saturated carbocycles. The molecular formula is C15H17Cl2N3O2. The zero-order valence-corrected chi connectivity index (χ0v) is 13.7. The second kappa shape index (κ2) is 5.97. The fraction of sp³-hybridized carbons (Fsp3) is 0.467. The lowest BCUT2D eigenvalue weighted by Crippen LogP contribution is -2.46. The molecule has 2 aliphatic rings. The van der Waals surface area contributed by atoms with Crippen molar-refractivity contribution < 1.29 is 9.59 Å². The van der Waals surface area contributed by atoms with Gasteiger partial charge >= 0.3 is 6.03 Å². The molecule has 0 unspecified atom stereocenters. The van der Waals surface area contributed by atoms with E-state index in [9.17, 15) is 9.59 Å². The quantitative estimate of drug-likeness (QED) is 0.868. The molecule has 0 radical (unpaired) electrons. The van der Waals surface area contributed by atoms with E-state index in [0.29, 0.717) is 23.0 Å². The Morgan fingerprint density at radius 3 is 2.64 bits per heavy atom. The number of carbonyl (C=O) groups is 2. The molecule has 118 valence electrons. The predicted octanol–water partition coefficient (Wildman–Crippen LogP) is 2.51. The minimum Gasteiger partial charge on any atom is -0.344 e. The Morgan fingerprint density at radius 1 is 1.23 bits per heavy atom. The molecule has 1 aromatic carbocycles. The summed E-state index contributed by atoms with van der Waals surface area (Å²) in [5.74, 6) is -0.0446. The predicted molar refractivity (Wildman–Crippen MR) is 85.2 cm³/mol. The van der Waals surface area contributed by atoms with Crippen LogP contribution in [0.15, 0.2) is 12.1 Å². The Hall–Kier alpha value is -1.46. The van der Waals surface area contributed by atoms with Gasteiger partial charge in [0.1, 0.15) is 6.04 Å². The van der Waals surface area contributed by atoms with Crippen molar-refractivity contribution in [1.29, 1.82) is 0 Å². The van der Waals surface area contributed by atoms with Gasteiger partial charge in [-0.15, -0.1) is 0 Å². The van der Waals surface area contributed by atoms with Crippen LogP contribution in [0.1, 0.15) is 30.0 Å². The average molecular weight is 342 g/mol. The highest BCUT2D eigenvalue weighted by atomic mass is 35.5. The molecule has 2 atom stereocenters. The molecule has 0 spiro atoms. The second-order valence-corrected chi connectivity index (χ2v) is 6.52. The summed E-state index contributed by atoms with van der Waals surface area (Å²) in [6.45, 7) is 0.671. The van der Waals surface area contributed by atoms with Crippen molar-refractivity contribution >= 4 is 35.1 Å². The van der Waals surface area contributed by atoms with Crippen molar-refractivity contribution in [2.45, 2.75) is 31.3 Å². The van der Waals surface area contributed by atoms with Crippen LogP contribution in [0.2, 0.25) is 10.0 Å². The zero-order valence-electron chi connectivity index (χ0n) is 12.2. The van der Waals surface area contributed by atoms with Gasteiger partial charge in [-0.2, -0.15) is 0 Å². The van der Waals surface area contributed by atoms with Crippen molar-refractivity contribution in [2.24, 2.45) is 0 Å². The Bertz CT molecular complexity index is 635. The fourth-order valence-electron chi connectivity index (χ4n) is 3.10. The molecule has 2 N–H and O–H groups in total. The highest BCUT2D eigenvalue weighted by Gasteiger charge is 2.32. The molecule has 7 heteroatoms. The van der Waals surface area contributed by atoms with Crippen LogP contribution in [0.25, 0.3) is 0 Å². The lowest BCUT2D eigenvalue weighted by Gasteiger charge is -2.17. The molecule has 5 nitrogen and oxygen atoms in total. The van der Waals surface area contributed by atoms with Gasteiger partial charge < -0.3 is 15.5 Å². The van der Waals surface area contributed by atoms with Gasteiger partial charge in [0.2, 0.25) is 5.91 Å². The van der Waals surface area contributed by atoms with Crippen LogP contribution >= 0.6 is 23.2 Å². The third kappa shape index (κ3) is 2.75. The van der Waals surface area contributed by atoms with Crippen LogP contribution in [0.4, 0.5) is 4.79 Å². The third-order valence-corrected chi connectivity index (χ3v) is 5.17. The van der Waals surface area contributed by atoms with Crippen LogP contribution in [0.3, 0.4) is 0 Å². The number of carbonyl (C=O) groups excluding carboxylic acids is 2. The summed E-state index contributed by atoms with van der Waals surface area (Å²) in [5, 5.41) is 6.76. The van der Waals surface area contributed by atoms with Gasteiger partial charge in [0.05, 0.1) is 16.1 Å². The first-order valence-electron chi connectivity index (χ1n) is 7.26. The standard InChI is InChI=1S/C15H17Cl2N3O2/c1-20-7-6-12(14(20)21)19-15(22)18-11-5-3-9-8(11)2-4-10(16)13(9)17/h2,4,11-12H,3,5-7H2,1H3,(H2,18,19,22)/t11-,12+/m1/s1. The highest BCUT2D eigenvalue weighted by molar-refractivity contribution is 6.42. The molecule has 3 amide bonds. The SMILES string of the molecule is CN1CC[C@H](NC(=O)N[C@@H]2CCc3c2ccc(Cl)c3Cl)C1=O. The first-order chi connectivity index (χ1) is 10.5. The molecule has 3 rings (SSSR count). The van der Waals surface area contributed by atoms with Crippen molar-refractivity contribution in [3.63, 3.8) is 0 Å². The van der Waals surface area contributed by atoms with Gasteiger partial charge in [0.25, 0.3) is 0 Å². The van der Waals surface area contributed by atoms with Gasteiger partial charge in [0, 0.05) is 13.6 Å². The first-order valence-corrected chi connectivity index (χ1v) is 8.01. The number of nitrogens with zero attached hydrogens (tertiary/aromatic N) is 1. The van der Waals surface area contributed by atoms with Crippen molar-refractivity contribution in [1.82, 2.24) is 15.5 Å². The minimum absolute atomic E-state index is 0.0446. The summed E-state index contributed by atoms with van der Waals surface area (Å²) in [6, 6.07) is 2.79. The normalized spacial score (nSPS) is 23.6. The number of hydrogen-bond donors (Lipinski definition) is 2. The zero-order chi connectivity index (χ0) is 15.9. The van der Waals surface area contributed by atoms with E-state index in [0.717, 1.165) is 24.0 Å². The van der Waals surface area contributed by atoms with E-state index in [-0.39, 0.29) is 18.0 Å². The molecule has 1 aliphatic carbocycles. The number of benzene rings is 1. The maximum absolute atomic E-state index is 12.1. The Balaban J connectivity index is 1.65. The summed E-state index contributed by atoms with van der Waals surface area (Å²) >= 11 is 12.2. The average Bonchev–Trinajstić information content (AvgIpc) is 3.02. The van der Waals surface area contributed by atoms with Crippen molar-refractivity contribution in [3.8, 4) is 0 Å². The van der Waals surface area contributed by atoms with Crippen LogP contribution in [-0.2, 0) is 11.2 Å². The van der Waals surface area contributed by atoms with Gasteiger partial charge in [-0.25, -0.2) is 4.79 Å². The van der Waals surface area contributed by atoms with E-state index in [4.69, 9.17) is 23.2 Å². The molecule has 0 bridgehead atoms. The smallest absolute Gasteiger partial charge is 0.315 e. The molecule has 1 aliphatic heterocycles. The minimum atomic E-state index is -0.431. The molecule has 1 heterocycles. The largest absolute Gasteiger partial charge is 0.344 e. The van der Waals surface area contributed by atoms with Gasteiger partial charge in [-0.05, 0) is 36.5 Å². The number of urea groups is 1. The highest BCUT2D eigenvalue weighted by Crippen LogP contribution is 2.38. The fourth-order valence-corrected chi connectivity index (χ4v) is 3.54. The lowest BCUT2D eigenvalue weighted by molar-refractivity contribution is -0.128. The van der Waals surface area contributed by atoms with Crippen molar-refractivity contribution in [2.75, 3.05) is 13.6 Å². The number of likely N-dealkylation sites (tertiary alicyclic amines) is 1. The molecule has 1 aromatic rings. The van der Waals surface area contributed by atoms with Gasteiger partial charge in [-0.3, -0.25) is 4.79 Å². The number of amides is 3. The number of halogens is 2. The van der Waals surface area contributed by atoms with Gasteiger partial charge in [0.15, 0.2) is 0 Å². The monoisotopic (exact) mass is 341 g/mol. The summed E-state index contributed by atoms with van der Waals surface area (Å²) in [7, 11) is 1.74. The van der Waals surface area contributed by atoms with Crippen molar-refractivity contribution in [3.05, 3.63) is 33.3 Å². The third-order valence-electron chi connectivity index (χ3n) is 4.33. The van der Waals surface area contributed by atoms with E-state index >= 15 is 0 Å². The Morgan fingerprint density at radius 2 is 1.95 bits per heavy atom. The molecule has 0 aromatic heterocycles. The number of fused-ring (bicyclic) bond motifs is 1. The maximum atomic E-state index is 12.1. The second-order valence-electron chi connectivity index (χ2n) is 5.74.